The van der Waals surface area contributed by atoms with Crippen molar-refractivity contribution in [1.82, 2.24) is 4.98 Å². The van der Waals surface area contributed by atoms with Crippen LogP contribution in [0.2, 0.25) is 0 Å². The maximum Gasteiger partial charge on any atom is 0.337 e. The molecule has 0 amide bonds. The minimum Gasteiger partial charge on any atom is -0.478 e. The topological polar surface area (TPSA) is 122 Å². The fraction of sp³-hybridized carbons (Fsp3) is 0.400. The van der Waals surface area contributed by atoms with Crippen LogP contribution in [0.5, 0.6) is 0 Å². The van der Waals surface area contributed by atoms with Gasteiger partial charge in [-0.25, -0.2) is 4.79 Å². The van der Waals surface area contributed by atoms with Crippen LogP contribution in [0.3, 0.4) is 0 Å². The summed E-state index contributed by atoms with van der Waals surface area (Å²) in [7, 11) is 0. The first-order valence-corrected chi connectivity index (χ1v) is 4.79. The first-order chi connectivity index (χ1) is 7.72. The summed E-state index contributed by atoms with van der Waals surface area (Å²) in [4.78, 5) is 13.8. The highest BCUT2D eigenvalue weighted by molar-refractivity contribution is 5.86. The van der Waals surface area contributed by atoms with E-state index >= 15 is 0 Å². The van der Waals surface area contributed by atoms with Crippen LogP contribution in [0.1, 0.15) is 30.1 Å². The van der Waals surface area contributed by atoms with Gasteiger partial charge in [-0.2, -0.15) is 0 Å². The third-order valence-corrected chi connectivity index (χ3v) is 1.42. The SMILES string of the molecule is CCCCO.NN.O=C(O)c1cccnc1. The van der Waals surface area contributed by atoms with Crippen LogP contribution in [0.25, 0.3) is 0 Å². The molecule has 0 saturated carbocycles. The number of aliphatic hydroxyl groups is 1. The number of unbranched alkanes of at least 4 members (excludes halogenated alkanes) is 1. The molecular formula is C10H19N3O3. The quantitative estimate of drug-likeness (QED) is 0.439. The van der Waals surface area contributed by atoms with Crippen LogP contribution in [-0.4, -0.2) is 27.8 Å². The molecule has 0 aromatic carbocycles. The van der Waals surface area contributed by atoms with Crippen molar-refractivity contribution in [1.29, 1.82) is 0 Å². The average Bonchev–Trinajstić information content (AvgIpc) is 2.34. The summed E-state index contributed by atoms with van der Waals surface area (Å²) in [5.74, 6) is 7.06. The van der Waals surface area contributed by atoms with Crippen molar-refractivity contribution in [3.63, 3.8) is 0 Å². The highest BCUT2D eigenvalue weighted by Crippen LogP contribution is 1.92. The predicted octanol–water partition coefficient (Wildman–Crippen LogP) is 0.377. The van der Waals surface area contributed by atoms with E-state index in [1.54, 1.807) is 6.07 Å². The third-order valence-electron chi connectivity index (χ3n) is 1.42. The first-order valence-electron chi connectivity index (χ1n) is 4.79. The molecule has 0 aliphatic heterocycles. The maximum absolute atomic E-state index is 10.2. The van der Waals surface area contributed by atoms with Crippen molar-refractivity contribution in [3.8, 4) is 0 Å². The van der Waals surface area contributed by atoms with E-state index in [1.807, 2.05) is 0 Å². The second-order valence-corrected chi connectivity index (χ2v) is 2.62. The van der Waals surface area contributed by atoms with Gasteiger partial charge in [-0.1, -0.05) is 13.3 Å². The van der Waals surface area contributed by atoms with E-state index in [0.717, 1.165) is 12.8 Å². The van der Waals surface area contributed by atoms with E-state index in [-0.39, 0.29) is 5.56 Å². The molecule has 0 bridgehead atoms. The Morgan fingerprint density at radius 3 is 2.31 bits per heavy atom. The summed E-state index contributed by atoms with van der Waals surface area (Å²) in [5.41, 5.74) is 0.220. The molecule has 0 spiro atoms. The van der Waals surface area contributed by atoms with Crippen LogP contribution in [-0.2, 0) is 0 Å². The number of aromatic carboxylic acids is 1. The lowest BCUT2D eigenvalue weighted by Gasteiger charge is -1.87. The normalized spacial score (nSPS) is 8.00. The lowest BCUT2D eigenvalue weighted by atomic mass is 10.3. The van der Waals surface area contributed by atoms with Gasteiger partial charge in [0.25, 0.3) is 0 Å². The molecule has 1 rings (SSSR count). The summed E-state index contributed by atoms with van der Waals surface area (Å²) < 4.78 is 0. The van der Waals surface area contributed by atoms with E-state index in [1.165, 1.54) is 18.5 Å². The van der Waals surface area contributed by atoms with E-state index in [0.29, 0.717) is 6.61 Å². The van der Waals surface area contributed by atoms with Gasteiger partial charge in [-0.3, -0.25) is 16.7 Å². The second kappa shape index (κ2) is 13.5. The number of hydrogen-bond acceptors (Lipinski definition) is 5. The number of rotatable bonds is 3. The fourth-order valence-corrected chi connectivity index (χ4v) is 0.647. The van der Waals surface area contributed by atoms with Crippen molar-refractivity contribution in [2.75, 3.05) is 6.61 Å². The monoisotopic (exact) mass is 229 g/mol. The van der Waals surface area contributed by atoms with E-state index in [9.17, 15) is 4.79 Å². The van der Waals surface area contributed by atoms with Crippen molar-refractivity contribution in [2.45, 2.75) is 19.8 Å². The molecule has 0 fully saturated rings. The van der Waals surface area contributed by atoms with Crippen LogP contribution in [0.4, 0.5) is 0 Å². The number of carboxylic acid groups (broad SMARTS) is 1. The molecule has 92 valence electrons. The predicted molar refractivity (Wildman–Crippen MR) is 61.6 cm³/mol. The zero-order valence-corrected chi connectivity index (χ0v) is 9.34. The molecule has 0 aliphatic rings. The number of hydrazine groups is 1. The molecule has 1 aromatic rings. The van der Waals surface area contributed by atoms with Crippen LogP contribution < -0.4 is 11.7 Å². The summed E-state index contributed by atoms with van der Waals surface area (Å²) in [5, 5.41) is 16.4. The van der Waals surface area contributed by atoms with Gasteiger partial charge in [0.1, 0.15) is 0 Å². The molecule has 6 N–H and O–H groups in total. The fourth-order valence-electron chi connectivity index (χ4n) is 0.647. The highest BCUT2D eigenvalue weighted by Gasteiger charge is 1.97. The maximum atomic E-state index is 10.2. The molecule has 0 radical (unpaired) electrons. The van der Waals surface area contributed by atoms with Crippen LogP contribution in [0.15, 0.2) is 24.5 Å². The molecule has 0 saturated heterocycles. The minimum absolute atomic E-state index is 0.220. The summed E-state index contributed by atoms with van der Waals surface area (Å²) in [6.07, 6.45) is 4.88. The highest BCUT2D eigenvalue weighted by atomic mass is 16.4. The molecule has 1 heterocycles. The Hall–Kier alpha value is -1.50. The zero-order chi connectivity index (χ0) is 12.8. The molecule has 0 atom stereocenters. The van der Waals surface area contributed by atoms with Gasteiger partial charge in [0.05, 0.1) is 5.56 Å². The number of carboxylic acids is 1. The van der Waals surface area contributed by atoms with Crippen LogP contribution >= 0.6 is 0 Å². The number of pyridine rings is 1. The second-order valence-electron chi connectivity index (χ2n) is 2.62. The minimum atomic E-state index is -0.942. The lowest BCUT2D eigenvalue weighted by Crippen LogP contribution is -2.02. The molecule has 0 aliphatic carbocycles. The Bertz CT molecular complexity index is 253. The van der Waals surface area contributed by atoms with Crippen LogP contribution in [0, 0.1) is 0 Å². The summed E-state index contributed by atoms with van der Waals surface area (Å²) in [6.45, 7) is 2.40. The summed E-state index contributed by atoms with van der Waals surface area (Å²) in [6, 6.07) is 3.08. The van der Waals surface area contributed by atoms with Gasteiger partial charge in [-0.05, 0) is 18.6 Å². The van der Waals surface area contributed by atoms with Gasteiger partial charge in [0.15, 0.2) is 0 Å². The molecule has 0 unspecified atom stereocenters. The number of carbonyl (C=O) groups is 1. The van der Waals surface area contributed by atoms with Crippen molar-refractivity contribution in [3.05, 3.63) is 30.1 Å². The largest absolute Gasteiger partial charge is 0.478 e. The number of nitrogens with two attached hydrogens (primary N) is 2. The number of aromatic nitrogens is 1. The summed E-state index contributed by atoms with van der Waals surface area (Å²) >= 11 is 0. The molecule has 6 heteroatoms. The van der Waals surface area contributed by atoms with E-state index in [2.05, 4.69) is 23.6 Å². The van der Waals surface area contributed by atoms with Crippen molar-refractivity contribution in [2.24, 2.45) is 11.7 Å². The van der Waals surface area contributed by atoms with Crippen molar-refractivity contribution >= 4 is 5.97 Å². The zero-order valence-electron chi connectivity index (χ0n) is 9.34. The molecule has 6 nitrogen and oxygen atoms in total. The van der Waals surface area contributed by atoms with Gasteiger partial charge < -0.3 is 10.2 Å². The number of hydrogen-bond donors (Lipinski definition) is 4. The Kier molecular flexibility index (Phi) is 14.3. The van der Waals surface area contributed by atoms with Crippen molar-refractivity contribution < 1.29 is 15.0 Å². The molecular weight excluding hydrogens is 210 g/mol. The standard InChI is InChI=1S/C6H5NO2.C4H10O.H4N2/c8-6(9)5-2-1-3-7-4-5;1-2-3-4-5;1-2/h1-4H,(H,8,9);5H,2-4H2,1H3;1-2H2. The van der Waals surface area contributed by atoms with E-state index < -0.39 is 5.97 Å². The number of aliphatic hydroxyl groups excluding tert-OH is 1. The smallest absolute Gasteiger partial charge is 0.337 e. The molecule has 16 heavy (non-hydrogen) atoms. The number of nitrogens with zero attached hydrogens (tertiary/aromatic N) is 1. The molecule has 1 aromatic heterocycles. The van der Waals surface area contributed by atoms with Gasteiger partial charge in [-0.15, -0.1) is 0 Å². The van der Waals surface area contributed by atoms with Gasteiger partial charge in [0, 0.05) is 19.0 Å². The lowest BCUT2D eigenvalue weighted by molar-refractivity contribution is 0.0696. The first kappa shape index (κ1) is 16.9. The Labute approximate surface area is 94.9 Å². The van der Waals surface area contributed by atoms with E-state index in [4.69, 9.17) is 10.2 Å². The van der Waals surface area contributed by atoms with Gasteiger partial charge >= 0.3 is 5.97 Å². The third kappa shape index (κ3) is 10.6. The Morgan fingerprint density at radius 2 is 2.12 bits per heavy atom. The Morgan fingerprint density at radius 1 is 1.50 bits per heavy atom. The average molecular weight is 229 g/mol. The van der Waals surface area contributed by atoms with Gasteiger partial charge in [0.2, 0.25) is 0 Å². The Balaban J connectivity index is 0.